The number of amides is 1. The number of ether oxygens (including phenoxy) is 1. The molecule has 0 aromatic rings. The number of nitrogens with one attached hydrogen (secondary N) is 2. The first-order valence-corrected chi connectivity index (χ1v) is 8.27. The van der Waals surface area contributed by atoms with E-state index >= 15 is 0 Å². The molecule has 0 saturated heterocycles. The highest BCUT2D eigenvalue weighted by atomic mass is 19.4. The second kappa shape index (κ2) is 8.22. The Bertz CT molecular complexity index is 373. The Morgan fingerprint density at radius 2 is 1.74 bits per heavy atom. The number of rotatable bonds is 5. The van der Waals surface area contributed by atoms with E-state index in [2.05, 4.69) is 10.6 Å². The molecule has 0 spiro atoms. The maximum atomic E-state index is 12.6. The van der Waals surface area contributed by atoms with Crippen molar-refractivity contribution < 1.29 is 22.7 Å². The van der Waals surface area contributed by atoms with Gasteiger partial charge in [0.1, 0.15) is 5.60 Å². The van der Waals surface area contributed by atoms with E-state index in [0.717, 1.165) is 0 Å². The Labute approximate surface area is 136 Å². The highest BCUT2D eigenvalue weighted by Crippen LogP contribution is 2.37. The van der Waals surface area contributed by atoms with Crippen LogP contribution in [0.4, 0.5) is 18.0 Å². The summed E-state index contributed by atoms with van der Waals surface area (Å²) in [7, 11) is 0. The largest absolute Gasteiger partial charge is 0.444 e. The molecule has 0 heterocycles. The smallest absolute Gasteiger partial charge is 0.407 e. The van der Waals surface area contributed by atoms with Crippen LogP contribution in [0.15, 0.2) is 0 Å². The summed E-state index contributed by atoms with van der Waals surface area (Å²) in [5.74, 6) is -1.15. The standard InChI is InChI=1S/C16H29F3N2O2/c1-11(21-14(22)23-15(2,3)4)9-10-20-13-7-5-12(6-8-13)16(17,18)19/h11-13,20H,5-10H2,1-4H3,(H,21,22). The van der Waals surface area contributed by atoms with Gasteiger partial charge in [-0.25, -0.2) is 4.79 Å². The average molecular weight is 338 g/mol. The number of carbonyl (C=O) groups excluding carboxylic acids is 1. The molecule has 0 bridgehead atoms. The van der Waals surface area contributed by atoms with Gasteiger partial charge in [-0.1, -0.05) is 0 Å². The van der Waals surface area contributed by atoms with Crippen LogP contribution in [0.5, 0.6) is 0 Å². The van der Waals surface area contributed by atoms with E-state index in [0.29, 0.717) is 25.8 Å². The number of carbonyl (C=O) groups is 1. The average Bonchev–Trinajstić information content (AvgIpc) is 2.35. The molecule has 1 saturated carbocycles. The van der Waals surface area contributed by atoms with Crippen LogP contribution in [0, 0.1) is 5.92 Å². The van der Waals surface area contributed by atoms with Gasteiger partial charge >= 0.3 is 12.3 Å². The molecular weight excluding hydrogens is 309 g/mol. The Kier molecular flexibility index (Phi) is 7.17. The molecule has 1 aliphatic rings. The van der Waals surface area contributed by atoms with E-state index in [1.54, 1.807) is 20.8 Å². The second-order valence-corrected chi connectivity index (χ2v) is 7.38. The fourth-order valence-electron chi connectivity index (χ4n) is 2.71. The van der Waals surface area contributed by atoms with Crippen LogP contribution in [0.2, 0.25) is 0 Å². The summed E-state index contributed by atoms with van der Waals surface area (Å²) in [5, 5.41) is 6.04. The van der Waals surface area contributed by atoms with Crippen molar-refractivity contribution in [1.29, 1.82) is 0 Å². The Morgan fingerprint density at radius 3 is 2.22 bits per heavy atom. The lowest BCUT2D eigenvalue weighted by molar-refractivity contribution is -0.182. The summed E-state index contributed by atoms with van der Waals surface area (Å²) in [5.41, 5.74) is -0.529. The zero-order chi connectivity index (χ0) is 17.7. The van der Waals surface area contributed by atoms with Gasteiger partial charge in [-0.15, -0.1) is 0 Å². The van der Waals surface area contributed by atoms with Crippen LogP contribution >= 0.6 is 0 Å². The molecule has 0 aromatic carbocycles. The minimum Gasteiger partial charge on any atom is -0.444 e. The van der Waals surface area contributed by atoms with Crippen molar-refractivity contribution in [2.75, 3.05) is 6.54 Å². The van der Waals surface area contributed by atoms with E-state index in [9.17, 15) is 18.0 Å². The number of alkyl halides is 3. The predicted octanol–water partition coefficient (Wildman–Crippen LogP) is 4.00. The number of halogens is 3. The van der Waals surface area contributed by atoms with Crippen molar-refractivity contribution in [2.45, 2.75) is 83.7 Å². The molecule has 136 valence electrons. The van der Waals surface area contributed by atoms with Crippen molar-refractivity contribution >= 4 is 6.09 Å². The number of hydrogen-bond donors (Lipinski definition) is 2. The molecule has 1 unspecified atom stereocenters. The number of hydrogen-bond acceptors (Lipinski definition) is 3. The van der Waals surface area contributed by atoms with E-state index < -0.39 is 23.8 Å². The third-order valence-corrected chi connectivity index (χ3v) is 3.96. The first-order chi connectivity index (χ1) is 10.5. The summed E-state index contributed by atoms with van der Waals surface area (Å²) in [4.78, 5) is 11.6. The summed E-state index contributed by atoms with van der Waals surface area (Å²) >= 11 is 0. The Morgan fingerprint density at radius 1 is 1.17 bits per heavy atom. The molecule has 1 aliphatic carbocycles. The molecule has 0 aliphatic heterocycles. The van der Waals surface area contributed by atoms with Crippen LogP contribution in [-0.2, 0) is 4.74 Å². The Hall–Kier alpha value is -0.980. The van der Waals surface area contributed by atoms with Crippen molar-refractivity contribution in [3.05, 3.63) is 0 Å². The van der Waals surface area contributed by atoms with Gasteiger partial charge in [-0.05, 0) is 66.3 Å². The zero-order valence-electron chi connectivity index (χ0n) is 14.4. The Balaban J connectivity index is 2.16. The lowest BCUT2D eigenvalue weighted by Crippen LogP contribution is -2.41. The summed E-state index contributed by atoms with van der Waals surface area (Å²) in [6.07, 6.45) is -2.29. The van der Waals surface area contributed by atoms with Crippen molar-refractivity contribution in [1.82, 2.24) is 10.6 Å². The van der Waals surface area contributed by atoms with Gasteiger partial charge in [0.05, 0.1) is 5.92 Å². The van der Waals surface area contributed by atoms with E-state index in [-0.39, 0.29) is 24.9 Å². The van der Waals surface area contributed by atoms with Crippen LogP contribution in [0.3, 0.4) is 0 Å². The summed E-state index contributed by atoms with van der Waals surface area (Å²) < 4.78 is 42.9. The number of alkyl carbamates (subject to hydrolysis) is 1. The highest BCUT2D eigenvalue weighted by molar-refractivity contribution is 5.67. The molecule has 4 nitrogen and oxygen atoms in total. The molecule has 0 aromatic heterocycles. The van der Waals surface area contributed by atoms with Crippen molar-refractivity contribution in [2.24, 2.45) is 5.92 Å². The maximum absolute atomic E-state index is 12.6. The summed E-state index contributed by atoms with van der Waals surface area (Å²) in [6, 6.07) is 0.0891. The quantitative estimate of drug-likeness (QED) is 0.796. The molecule has 1 atom stereocenters. The lowest BCUT2D eigenvalue weighted by Gasteiger charge is -2.30. The predicted molar refractivity (Wildman–Crippen MR) is 83.3 cm³/mol. The first-order valence-electron chi connectivity index (χ1n) is 8.27. The van der Waals surface area contributed by atoms with Crippen molar-refractivity contribution in [3.63, 3.8) is 0 Å². The monoisotopic (exact) mass is 338 g/mol. The molecular formula is C16H29F3N2O2. The van der Waals surface area contributed by atoms with Crippen LogP contribution < -0.4 is 10.6 Å². The molecule has 1 fully saturated rings. The van der Waals surface area contributed by atoms with Gasteiger partial charge in [-0.3, -0.25) is 0 Å². The molecule has 0 radical (unpaired) electrons. The second-order valence-electron chi connectivity index (χ2n) is 7.38. The van der Waals surface area contributed by atoms with Crippen molar-refractivity contribution in [3.8, 4) is 0 Å². The van der Waals surface area contributed by atoms with E-state index in [4.69, 9.17) is 4.74 Å². The SMILES string of the molecule is CC(CCNC1CCC(C(F)(F)F)CC1)NC(=O)OC(C)(C)C. The fourth-order valence-corrected chi connectivity index (χ4v) is 2.71. The van der Waals surface area contributed by atoms with Gasteiger partial charge in [0.25, 0.3) is 0 Å². The van der Waals surface area contributed by atoms with E-state index in [1.807, 2.05) is 6.92 Å². The third kappa shape index (κ3) is 8.44. The van der Waals surface area contributed by atoms with Crippen LogP contribution in [0.1, 0.15) is 59.8 Å². The molecule has 2 N–H and O–H groups in total. The molecule has 23 heavy (non-hydrogen) atoms. The van der Waals surface area contributed by atoms with Gasteiger partial charge in [-0.2, -0.15) is 13.2 Å². The molecule has 1 rings (SSSR count). The molecule has 1 amide bonds. The lowest BCUT2D eigenvalue weighted by atomic mass is 9.85. The topological polar surface area (TPSA) is 50.4 Å². The van der Waals surface area contributed by atoms with Gasteiger partial charge in [0, 0.05) is 12.1 Å². The normalized spacial score (nSPS) is 24.1. The zero-order valence-corrected chi connectivity index (χ0v) is 14.4. The van der Waals surface area contributed by atoms with Gasteiger partial charge < -0.3 is 15.4 Å². The highest BCUT2D eigenvalue weighted by Gasteiger charge is 2.41. The minimum atomic E-state index is -4.06. The minimum absolute atomic E-state index is 0.0520. The fraction of sp³-hybridized carbons (Fsp3) is 0.938. The van der Waals surface area contributed by atoms with Gasteiger partial charge in [0.2, 0.25) is 0 Å². The maximum Gasteiger partial charge on any atom is 0.407 e. The van der Waals surface area contributed by atoms with E-state index in [1.165, 1.54) is 0 Å². The van der Waals surface area contributed by atoms with Crippen LogP contribution in [-0.4, -0.2) is 36.5 Å². The first kappa shape index (κ1) is 20.1. The molecule has 7 heteroatoms. The summed E-state index contributed by atoms with van der Waals surface area (Å²) in [6.45, 7) is 7.95. The van der Waals surface area contributed by atoms with Crippen LogP contribution in [0.25, 0.3) is 0 Å². The van der Waals surface area contributed by atoms with Gasteiger partial charge in [0.15, 0.2) is 0 Å². The third-order valence-electron chi connectivity index (χ3n) is 3.96.